The van der Waals surface area contributed by atoms with Gasteiger partial charge in [-0.15, -0.1) is 11.3 Å². The van der Waals surface area contributed by atoms with Crippen LogP contribution in [0.4, 0.5) is 18.3 Å². The highest BCUT2D eigenvalue weighted by Gasteiger charge is 2.33. The van der Waals surface area contributed by atoms with E-state index >= 15 is 0 Å². The summed E-state index contributed by atoms with van der Waals surface area (Å²) in [7, 11) is 0. The topological polar surface area (TPSA) is 42.0 Å². The Bertz CT molecular complexity index is 1090. The molecule has 1 aromatic heterocycles. The normalized spacial score (nSPS) is 12.0. The minimum Gasteiger partial charge on any atom is -0.298 e. The van der Waals surface area contributed by atoms with E-state index in [4.69, 9.17) is 11.6 Å². The molecule has 0 fully saturated rings. The van der Waals surface area contributed by atoms with Crippen LogP contribution in [0.25, 0.3) is 6.08 Å². The highest BCUT2D eigenvalue weighted by Crippen LogP contribution is 2.35. The van der Waals surface area contributed by atoms with Crippen LogP contribution >= 0.6 is 22.9 Å². The van der Waals surface area contributed by atoms with E-state index in [0.717, 1.165) is 28.6 Å². The molecule has 0 saturated heterocycles. The van der Waals surface area contributed by atoms with Crippen molar-refractivity contribution in [3.05, 3.63) is 86.9 Å². The second-order valence-corrected chi connectivity index (χ2v) is 8.79. The largest absolute Gasteiger partial charge is 0.417 e. The Morgan fingerprint density at radius 2 is 1.90 bits per heavy atom. The minimum absolute atomic E-state index is 0.219. The zero-order valence-electron chi connectivity index (χ0n) is 16.8. The van der Waals surface area contributed by atoms with E-state index in [1.54, 1.807) is 6.20 Å². The first-order valence-electron chi connectivity index (χ1n) is 9.51. The SMILES string of the molecule is CC(C)c1ccc(Cc2cnc(NC(=O)/C=C/c3ccc(Cl)c(C(F)(F)F)c3)s2)cc1. The summed E-state index contributed by atoms with van der Waals surface area (Å²) in [5.74, 6) is -0.00839. The van der Waals surface area contributed by atoms with Gasteiger partial charge in [-0.05, 0) is 40.8 Å². The number of anilines is 1. The maximum atomic E-state index is 12.9. The lowest BCUT2D eigenvalue weighted by Gasteiger charge is -2.09. The number of aromatic nitrogens is 1. The Balaban J connectivity index is 1.61. The van der Waals surface area contributed by atoms with Crippen molar-refractivity contribution >= 4 is 40.1 Å². The van der Waals surface area contributed by atoms with E-state index in [2.05, 4.69) is 48.4 Å². The molecule has 1 amide bonds. The second kappa shape index (κ2) is 9.66. The molecular weight excluding hydrogens is 445 g/mol. The summed E-state index contributed by atoms with van der Waals surface area (Å²) >= 11 is 6.96. The Hall–Kier alpha value is -2.64. The summed E-state index contributed by atoms with van der Waals surface area (Å²) in [6.07, 6.45) is 0.304. The maximum Gasteiger partial charge on any atom is 0.417 e. The third kappa shape index (κ3) is 6.42. The van der Waals surface area contributed by atoms with Crippen LogP contribution in [-0.2, 0) is 17.4 Å². The molecule has 3 nitrogen and oxygen atoms in total. The van der Waals surface area contributed by atoms with E-state index in [9.17, 15) is 18.0 Å². The standard InChI is InChI=1S/C23H20ClF3N2OS/c1-14(2)17-7-3-15(4-8-17)11-18-13-28-22(31-18)29-21(30)10-6-16-5-9-20(24)19(12-16)23(25,26)27/h3-10,12-14H,11H2,1-2H3,(H,28,29,30)/b10-6+. The summed E-state index contributed by atoms with van der Waals surface area (Å²) in [5.41, 5.74) is 1.70. The lowest BCUT2D eigenvalue weighted by Crippen LogP contribution is -2.07. The van der Waals surface area contributed by atoms with Crippen LogP contribution in [0.3, 0.4) is 0 Å². The van der Waals surface area contributed by atoms with Crippen LogP contribution < -0.4 is 5.32 Å². The Kier molecular flexibility index (Phi) is 7.18. The third-order valence-electron chi connectivity index (χ3n) is 4.53. The van der Waals surface area contributed by atoms with Gasteiger partial charge in [0, 0.05) is 23.6 Å². The van der Waals surface area contributed by atoms with Crippen molar-refractivity contribution in [1.82, 2.24) is 4.98 Å². The van der Waals surface area contributed by atoms with Gasteiger partial charge >= 0.3 is 6.18 Å². The van der Waals surface area contributed by atoms with Crippen molar-refractivity contribution in [2.24, 2.45) is 0 Å². The smallest absolute Gasteiger partial charge is 0.298 e. The molecule has 0 aliphatic carbocycles. The number of carbonyl (C=O) groups is 1. The van der Waals surface area contributed by atoms with Gasteiger partial charge < -0.3 is 0 Å². The average molecular weight is 465 g/mol. The van der Waals surface area contributed by atoms with Crippen molar-refractivity contribution in [1.29, 1.82) is 0 Å². The van der Waals surface area contributed by atoms with Gasteiger partial charge in [0.1, 0.15) is 0 Å². The molecule has 0 saturated carbocycles. The number of nitrogens with one attached hydrogen (secondary N) is 1. The van der Waals surface area contributed by atoms with Gasteiger partial charge in [-0.25, -0.2) is 4.98 Å². The molecule has 0 bridgehead atoms. The first-order valence-corrected chi connectivity index (χ1v) is 10.7. The molecule has 3 rings (SSSR count). The maximum absolute atomic E-state index is 12.9. The summed E-state index contributed by atoms with van der Waals surface area (Å²) in [5, 5.41) is 2.67. The molecule has 0 radical (unpaired) electrons. The van der Waals surface area contributed by atoms with Crippen molar-refractivity contribution in [2.45, 2.75) is 32.4 Å². The highest BCUT2D eigenvalue weighted by atomic mass is 35.5. The van der Waals surface area contributed by atoms with Crippen LogP contribution in [0, 0.1) is 0 Å². The molecule has 0 spiro atoms. The lowest BCUT2D eigenvalue weighted by atomic mass is 10.0. The fourth-order valence-electron chi connectivity index (χ4n) is 2.85. The number of nitrogens with zero attached hydrogens (tertiary/aromatic N) is 1. The van der Waals surface area contributed by atoms with Crippen molar-refractivity contribution < 1.29 is 18.0 Å². The molecule has 0 aliphatic rings. The van der Waals surface area contributed by atoms with Crippen molar-refractivity contribution in [3.8, 4) is 0 Å². The van der Waals surface area contributed by atoms with E-state index in [0.29, 0.717) is 17.5 Å². The zero-order chi connectivity index (χ0) is 22.6. The molecular formula is C23H20ClF3N2OS. The van der Waals surface area contributed by atoms with E-state index in [1.807, 2.05) is 0 Å². The van der Waals surface area contributed by atoms with Crippen LogP contribution in [-0.4, -0.2) is 10.9 Å². The number of hydrogen-bond acceptors (Lipinski definition) is 3. The van der Waals surface area contributed by atoms with Crippen LogP contribution in [0.15, 0.2) is 54.7 Å². The number of hydrogen-bond donors (Lipinski definition) is 1. The fraction of sp³-hybridized carbons (Fsp3) is 0.217. The van der Waals surface area contributed by atoms with Gasteiger partial charge in [0.05, 0.1) is 10.6 Å². The molecule has 0 aliphatic heterocycles. The minimum atomic E-state index is -4.56. The zero-order valence-corrected chi connectivity index (χ0v) is 18.4. The summed E-state index contributed by atoms with van der Waals surface area (Å²) in [6, 6.07) is 11.8. The number of rotatable bonds is 6. The monoisotopic (exact) mass is 464 g/mol. The Morgan fingerprint density at radius 3 is 2.55 bits per heavy atom. The molecule has 0 atom stereocenters. The number of thiazole rings is 1. The van der Waals surface area contributed by atoms with Gasteiger partial charge in [-0.1, -0.05) is 55.8 Å². The Labute approximate surface area is 187 Å². The summed E-state index contributed by atoms with van der Waals surface area (Å²) in [4.78, 5) is 17.3. The number of benzene rings is 2. The van der Waals surface area contributed by atoms with Gasteiger partial charge in [0.15, 0.2) is 5.13 Å². The number of amides is 1. The molecule has 0 unspecified atom stereocenters. The molecule has 162 valence electrons. The molecule has 1 N–H and O–H groups in total. The predicted octanol–water partition coefficient (Wildman–Crippen LogP) is 7.18. The molecule has 3 aromatic rings. The summed E-state index contributed by atoms with van der Waals surface area (Å²) in [6.45, 7) is 4.29. The average Bonchev–Trinajstić information content (AvgIpc) is 3.13. The van der Waals surface area contributed by atoms with Gasteiger partial charge in [-0.3, -0.25) is 10.1 Å². The first kappa shape index (κ1) is 23.0. The van der Waals surface area contributed by atoms with Crippen molar-refractivity contribution in [2.75, 3.05) is 5.32 Å². The molecule has 31 heavy (non-hydrogen) atoms. The predicted molar refractivity (Wildman–Crippen MR) is 120 cm³/mol. The quantitative estimate of drug-likeness (QED) is 0.392. The van der Waals surface area contributed by atoms with Gasteiger partial charge in [0.25, 0.3) is 0 Å². The second-order valence-electron chi connectivity index (χ2n) is 7.26. The molecule has 2 aromatic carbocycles. The van der Waals surface area contributed by atoms with E-state index < -0.39 is 17.6 Å². The van der Waals surface area contributed by atoms with E-state index in [-0.39, 0.29) is 10.6 Å². The number of halogens is 4. The molecule has 8 heteroatoms. The van der Waals surface area contributed by atoms with Crippen LogP contribution in [0.2, 0.25) is 5.02 Å². The molecule has 1 heterocycles. The third-order valence-corrected chi connectivity index (χ3v) is 5.77. The van der Waals surface area contributed by atoms with Crippen LogP contribution in [0.5, 0.6) is 0 Å². The van der Waals surface area contributed by atoms with Gasteiger partial charge in [0.2, 0.25) is 5.91 Å². The first-order chi connectivity index (χ1) is 14.6. The Morgan fingerprint density at radius 1 is 1.19 bits per heavy atom. The van der Waals surface area contributed by atoms with Crippen LogP contribution in [0.1, 0.15) is 46.9 Å². The van der Waals surface area contributed by atoms with Crippen molar-refractivity contribution in [3.63, 3.8) is 0 Å². The van der Waals surface area contributed by atoms with Gasteiger partial charge in [-0.2, -0.15) is 13.2 Å². The summed E-state index contributed by atoms with van der Waals surface area (Å²) < 4.78 is 38.8. The number of carbonyl (C=O) groups excluding carboxylic acids is 1. The number of alkyl halides is 3. The fourth-order valence-corrected chi connectivity index (χ4v) is 3.93. The highest BCUT2D eigenvalue weighted by molar-refractivity contribution is 7.15. The van der Waals surface area contributed by atoms with E-state index in [1.165, 1.54) is 29.0 Å². The lowest BCUT2D eigenvalue weighted by molar-refractivity contribution is -0.137.